The summed E-state index contributed by atoms with van der Waals surface area (Å²) in [7, 11) is 1.67. The van der Waals surface area contributed by atoms with E-state index in [2.05, 4.69) is 0 Å². The minimum atomic E-state index is -0.977. The molecule has 0 aliphatic carbocycles. The molecule has 0 aliphatic rings. The SMILES string of the molecule is COC(C)(C)CCOc1ccccc1/C=C/C(=O)O. The second-order valence-electron chi connectivity index (χ2n) is 4.77. The third-order valence-corrected chi connectivity index (χ3v) is 2.84. The molecule has 0 saturated carbocycles. The first kappa shape index (κ1) is 15.2. The Morgan fingerprint density at radius 2 is 2.05 bits per heavy atom. The summed E-state index contributed by atoms with van der Waals surface area (Å²) in [6.07, 6.45) is 3.38. The summed E-state index contributed by atoms with van der Waals surface area (Å²) in [6, 6.07) is 7.33. The molecular formula is C15H20O4. The van der Waals surface area contributed by atoms with Gasteiger partial charge in [0.2, 0.25) is 0 Å². The van der Waals surface area contributed by atoms with Crippen LogP contribution in [-0.4, -0.2) is 30.4 Å². The molecule has 0 unspecified atom stereocenters. The van der Waals surface area contributed by atoms with Gasteiger partial charge in [-0.15, -0.1) is 0 Å². The fourth-order valence-corrected chi connectivity index (χ4v) is 1.42. The second-order valence-corrected chi connectivity index (χ2v) is 4.77. The van der Waals surface area contributed by atoms with Crippen molar-refractivity contribution in [1.29, 1.82) is 0 Å². The van der Waals surface area contributed by atoms with Gasteiger partial charge in [-0.25, -0.2) is 4.79 Å². The molecule has 0 aromatic heterocycles. The molecule has 0 aliphatic heterocycles. The molecule has 1 N–H and O–H groups in total. The predicted octanol–water partition coefficient (Wildman–Crippen LogP) is 2.98. The van der Waals surface area contributed by atoms with E-state index in [0.29, 0.717) is 12.4 Å². The Balaban J connectivity index is 2.66. The van der Waals surface area contributed by atoms with E-state index >= 15 is 0 Å². The van der Waals surface area contributed by atoms with Gasteiger partial charge < -0.3 is 14.6 Å². The normalized spacial score (nSPS) is 11.7. The highest BCUT2D eigenvalue weighted by molar-refractivity contribution is 5.85. The van der Waals surface area contributed by atoms with Gasteiger partial charge in [0, 0.05) is 25.2 Å². The minimum absolute atomic E-state index is 0.230. The lowest BCUT2D eigenvalue weighted by atomic mass is 10.1. The van der Waals surface area contributed by atoms with Crippen LogP contribution in [0.2, 0.25) is 0 Å². The molecule has 1 aromatic carbocycles. The Bertz CT molecular complexity index is 449. The lowest BCUT2D eigenvalue weighted by Crippen LogP contribution is -2.25. The number of hydrogen-bond donors (Lipinski definition) is 1. The summed E-state index contributed by atoms with van der Waals surface area (Å²) >= 11 is 0. The van der Waals surface area contributed by atoms with E-state index in [-0.39, 0.29) is 5.60 Å². The summed E-state index contributed by atoms with van der Waals surface area (Å²) in [5.74, 6) is -0.303. The molecule has 4 heteroatoms. The van der Waals surface area contributed by atoms with Crippen LogP contribution in [0.3, 0.4) is 0 Å². The van der Waals surface area contributed by atoms with Crippen molar-refractivity contribution < 1.29 is 19.4 Å². The Kier molecular flexibility index (Phi) is 5.57. The maximum atomic E-state index is 10.5. The van der Waals surface area contributed by atoms with Gasteiger partial charge in [0.25, 0.3) is 0 Å². The predicted molar refractivity (Wildman–Crippen MR) is 74.3 cm³/mol. The monoisotopic (exact) mass is 264 g/mol. The number of rotatable bonds is 7. The molecule has 0 saturated heterocycles. The van der Waals surface area contributed by atoms with Crippen LogP contribution in [0.4, 0.5) is 0 Å². The van der Waals surface area contributed by atoms with Crippen molar-refractivity contribution in [3.63, 3.8) is 0 Å². The number of benzene rings is 1. The third-order valence-electron chi connectivity index (χ3n) is 2.84. The lowest BCUT2D eigenvalue weighted by molar-refractivity contribution is -0.131. The maximum Gasteiger partial charge on any atom is 0.328 e. The largest absolute Gasteiger partial charge is 0.493 e. The van der Waals surface area contributed by atoms with E-state index in [1.54, 1.807) is 7.11 Å². The zero-order valence-corrected chi connectivity index (χ0v) is 11.6. The molecule has 4 nitrogen and oxygen atoms in total. The highest BCUT2D eigenvalue weighted by Crippen LogP contribution is 2.21. The lowest BCUT2D eigenvalue weighted by Gasteiger charge is -2.22. The number of aliphatic carboxylic acids is 1. The standard InChI is InChI=1S/C15H20O4/c1-15(2,18-3)10-11-19-13-7-5-4-6-12(13)8-9-14(16)17/h4-9H,10-11H2,1-3H3,(H,16,17)/b9-8+. The van der Waals surface area contributed by atoms with Gasteiger partial charge >= 0.3 is 5.97 Å². The Labute approximate surface area is 113 Å². The molecule has 0 radical (unpaired) electrons. The van der Waals surface area contributed by atoms with Crippen molar-refractivity contribution in [3.8, 4) is 5.75 Å². The fraction of sp³-hybridized carbons (Fsp3) is 0.400. The molecular weight excluding hydrogens is 244 g/mol. The molecule has 0 amide bonds. The third kappa shape index (κ3) is 5.57. The van der Waals surface area contributed by atoms with Crippen molar-refractivity contribution >= 4 is 12.0 Å². The molecule has 1 aromatic rings. The van der Waals surface area contributed by atoms with E-state index in [4.69, 9.17) is 14.6 Å². The first-order chi connectivity index (χ1) is 8.94. The van der Waals surface area contributed by atoms with Crippen LogP contribution in [0, 0.1) is 0 Å². The van der Waals surface area contributed by atoms with Crippen molar-refractivity contribution in [2.75, 3.05) is 13.7 Å². The van der Waals surface area contributed by atoms with Gasteiger partial charge in [-0.3, -0.25) is 0 Å². The highest BCUT2D eigenvalue weighted by atomic mass is 16.5. The average Bonchev–Trinajstić information content (AvgIpc) is 2.37. The van der Waals surface area contributed by atoms with Crippen LogP contribution in [0.5, 0.6) is 5.75 Å². The zero-order chi connectivity index (χ0) is 14.3. The van der Waals surface area contributed by atoms with Gasteiger partial charge in [0.05, 0.1) is 12.2 Å². The molecule has 1 rings (SSSR count). The quantitative estimate of drug-likeness (QED) is 0.769. The number of para-hydroxylation sites is 1. The van der Waals surface area contributed by atoms with Crippen molar-refractivity contribution in [3.05, 3.63) is 35.9 Å². The zero-order valence-electron chi connectivity index (χ0n) is 11.6. The van der Waals surface area contributed by atoms with Crippen molar-refractivity contribution in [2.45, 2.75) is 25.9 Å². The number of carbonyl (C=O) groups is 1. The second kappa shape index (κ2) is 6.95. The summed E-state index contributed by atoms with van der Waals surface area (Å²) < 4.78 is 11.0. The molecule has 0 atom stereocenters. The van der Waals surface area contributed by atoms with Crippen molar-refractivity contribution in [1.82, 2.24) is 0 Å². The van der Waals surface area contributed by atoms with Crippen LogP contribution in [-0.2, 0) is 9.53 Å². The number of methoxy groups -OCH3 is 1. The van der Waals surface area contributed by atoms with E-state index in [1.165, 1.54) is 6.08 Å². The van der Waals surface area contributed by atoms with Crippen LogP contribution < -0.4 is 4.74 Å². The summed E-state index contributed by atoms with van der Waals surface area (Å²) in [4.78, 5) is 10.5. The average molecular weight is 264 g/mol. The smallest absolute Gasteiger partial charge is 0.328 e. The van der Waals surface area contributed by atoms with Gasteiger partial charge in [0.1, 0.15) is 5.75 Å². The van der Waals surface area contributed by atoms with E-state index in [1.807, 2.05) is 38.1 Å². The Hall–Kier alpha value is -1.81. The highest BCUT2D eigenvalue weighted by Gasteiger charge is 2.16. The van der Waals surface area contributed by atoms with E-state index in [0.717, 1.165) is 18.1 Å². The number of carboxylic acids is 1. The van der Waals surface area contributed by atoms with Crippen molar-refractivity contribution in [2.24, 2.45) is 0 Å². The van der Waals surface area contributed by atoms with Crippen LogP contribution in [0.15, 0.2) is 30.3 Å². The van der Waals surface area contributed by atoms with Gasteiger partial charge in [-0.1, -0.05) is 18.2 Å². The van der Waals surface area contributed by atoms with Crippen LogP contribution >= 0.6 is 0 Å². The molecule has 19 heavy (non-hydrogen) atoms. The first-order valence-electron chi connectivity index (χ1n) is 6.12. The minimum Gasteiger partial charge on any atom is -0.493 e. The fourth-order valence-electron chi connectivity index (χ4n) is 1.42. The van der Waals surface area contributed by atoms with Gasteiger partial charge in [-0.2, -0.15) is 0 Å². The number of ether oxygens (including phenoxy) is 2. The van der Waals surface area contributed by atoms with E-state index < -0.39 is 5.97 Å². The molecule has 0 fully saturated rings. The summed E-state index contributed by atoms with van der Waals surface area (Å²) in [5.41, 5.74) is 0.520. The molecule has 0 heterocycles. The van der Waals surface area contributed by atoms with E-state index in [9.17, 15) is 4.79 Å². The maximum absolute atomic E-state index is 10.5. The first-order valence-corrected chi connectivity index (χ1v) is 6.12. The summed E-state index contributed by atoms with van der Waals surface area (Å²) in [5, 5.41) is 8.64. The molecule has 0 spiro atoms. The Morgan fingerprint density at radius 3 is 2.68 bits per heavy atom. The molecule has 104 valence electrons. The van der Waals surface area contributed by atoms with Gasteiger partial charge in [-0.05, 0) is 26.0 Å². The summed E-state index contributed by atoms with van der Waals surface area (Å²) in [6.45, 7) is 4.50. The number of hydrogen-bond acceptors (Lipinski definition) is 3. The van der Waals surface area contributed by atoms with Crippen LogP contribution in [0.1, 0.15) is 25.8 Å². The molecule has 0 bridgehead atoms. The Morgan fingerprint density at radius 1 is 1.37 bits per heavy atom. The number of carboxylic acid groups (broad SMARTS) is 1. The topological polar surface area (TPSA) is 55.8 Å². The van der Waals surface area contributed by atoms with Gasteiger partial charge in [0.15, 0.2) is 0 Å². The van der Waals surface area contributed by atoms with Crippen LogP contribution in [0.25, 0.3) is 6.08 Å².